The third-order valence-corrected chi connectivity index (χ3v) is 2.31. The summed E-state index contributed by atoms with van der Waals surface area (Å²) in [6.45, 7) is 0. The van der Waals surface area contributed by atoms with Gasteiger partial charge in [0.25, 0.3) is 0 Å². The number of hydrogen-bond donors (Lipinski definition) is 1. The summed E-state index contributed by atoms with van der Waals surface area (Å²) >= 11 is 0. The Morgan fingerprint density at radius 3 is 2.86 bits per heavy atom. The largest absolute Gasteiger partial charge is 0.401 e. The van der Waals surface area contributed by atoms with Crippen LogP contribution in [0.15, 0.2) is 30.0 Å². The molecule has 1 aliphatic carbocycles. The van der Waals surface area contributed by atoms with Crippen LogP contribution in [-0.4, -0.2) is 6.16 Å². The van der Waals surface area contributed by atoms with Crippen LogP contribution in [-0.2, 0) is 6.42 Å². The maximum Gasteiger partial charge on any atom is 0.401 e. The Balaban J connectivity index is 2.26. The van der Waals surface area contributed by atoms with E-state index in [4.69, 9.17) is 0 Å². The molecule has 0 atom stereocenters. The third kappa shape index (κ3) is 1.82. The zero-order valence-electron chi connectivity index (χ0n) is 7.59. The predicted molar refractivity (Wildman–Crippen MR) is 52.4 cm³/mol. The van der Waals surface area contributed by atoms with Gasteiger partial charge in [-0.15, -0.1) is 4.39 Å². The lowest BCUT2D eigenvalue weighted by Crippen LogP contribution is -2.18. The van der Waals surface area contributed by atoms with Gasteiger partial charge in [0.15, 0.2) is 0 Å². The molecule has 0 saturated carbocycles. The van der Waals surface area contributed by atoms with Gasteiger partial charge in [-0.3, -0.25) is 0 Å². The Bertz CT molecular complexity index is 398. The second-order valence-corrected chi connectivity index (χ2v) is 3.27. The molecule has 0 spiro atoms. The highest BCUT2D eigenvalue weighted by atomic mass is 19.1. The second-order valence-electron chi connectivity index (χ2n) is 3.27. The van der Waals surface area contributed by atoms with Gasteiger partial charge in [-0.25, -0.2) is 4.79 Å². The van der Waals surface area contributed by atoms with Crippen molar-refractivity contribution in [3.63, 3.8) is 0 Å². The molecular formula is C11H10FNO. The van der Waals surface area contributed by atoms with E-state index < -0.39 is 6.16 Å². The van der Waals surface area contributed by atoms with Crippen LogP contribution in [0.1, 0.15) is 17.5 Å². The van der Waals surface area contributed by atoms with Gasteiger partial charge in [0, 0.05) is 5.70 Å². The highest BCUT2D eigenvalue weighted by molar-refractivity contribution is 5.71. The van der Waals surface area contributed by atoms with E-state index >= 15 is 0 Å². The normalized spacial score (nSPS) is 14.2. The molecule has 0 heterocycles. The molecule has 1 aliphatic rings. The molecule has 0 aliphatic heterocycles. The minimum Gasteiger partial charge on any atom is -0.302 e. The summed E-state index contributed by atoms with van der Waals surface area (Å²) in [5.41, 5.74) is 2.95. The molecule has 72 valence electrons. The molecular weight excluding hydrogens is 181 g/mol. The van der Waals surface area contributed by atoms with Crippen molar-refractivity contribution in [2.45, 2.75) is 12.8 Å². The number of carbonyl (C=O) groups is 1. The number of fused-ring (bicyclic) bond motifs is 1. The number of allylic oxidation sites excluding steroid dienone is 1. The average Bonchev–Trinajstić information content (AvgIpc) is 2.17. The van der Waals surface area contributed by atoms with Crippen molar-refractivity contribution >= 4 is 12.2 Å². The van der Waals surface area contributed by atoms with Crippen LogP contribution in [0.4, 0.5) is 9.18 Å². The lowest BCUT2D eigenvalue weighted by atomic mass is 9.96. The van der Waals surface area contributed by atoms with Crippen LogP contribution >= 0.6 is 0 Å². The topological polar surface area (TPSA) is 29.1 Å². The minimum absolute atomic E-state index is 0.649. The first-order valence-corrected chi connectivity index (χ1v) is 4.50. The maximum absolute atomic E-state index is 12.1. The molecule has 0 aromatic heterocycles. The van der Waals surface area contributed by atoms with Crippen LogP contribution in [0.3, 0.4) is 0 Å². The van der Waals surface area contributed by atoms with Crippen LogP contribution in [0.2, 0.25) is 0 Å². The van der Waals surface area contributed by atoms with E-state index in [0.717, 1.165) is 12.0 Å². The molecule has 2 rings (SSSR count). The van der Waals surface area contributed by atoms with Gasteiger partial charge in [0.1, 0.15) is 0 Å². The van der Waals surface area contributed by atoms with Crippen LogP contribution in [0.25, 0.3) is 6.08 Å². The Labute approximate surface area is 81.4 Å². The van der Waals surface area contributed by atoms with Crippen LogP contribution in [0.5, 0.6) is 0 Å². The minimum atomic E-state index is -1.49. The number of rotatable bonds is 1. The number of benzene rings is 1. The fraction of sp³-hybridized carbons (Fsp3) is 0.182. The fourth-order valence-electron chi connectivity index (χ4n) is 1.66. The van der Waals surface area contributed by atoms with Crippen molar-refractivity contribution in [2.24, 2.45) is 0 Å². The first-order chi connectivity index (χ1) is 6.75. The number of halogens is 1. The molecule has 0 fully saturated rings. The fourth-order valence-corrected chi connectivity index (χ4v) is 1.66. The first-order valence-electron chi connectivity index (χ1n) is 4.50. The van der Waals surface area contributed by atoms with E-state index in [1.807, 2.05) is 30.3 Å². The molecule has 3 heteroatoms. The zero-order valence-corrected chi connectivity index (χ0v) is 7.59. The Morgan fingerprint density at radius 1 is 1.29 bits per heavy atom. The number of hydrogen-bond acceptors (Lipinski definition) is 1. The quantitative estimate of drug-likeness (QED) is 0.536. The predicted octanol–water partition coefficient (Wildman–Crippen LogP) is 2.65. The summed E-state index contributed by atoms with van der Waals surface area (Å²) in [6.07, 6.45) is 1.86. The molecule has 1 N–H and O–H groups in total. The first kappa shape index (κ1) is 8.94. The van der Waals surface area contributed by atoms with Crippen molar-refractivity contribution in [3.05, 3.63) is 41.1 Å². The Morgan fingerprint density at radius 2 is 2.07 bits per heavy atom. The van der Waals surface area contributed by atoms with Gasteiger partial charge < -0.3 is 5.32 Å². The van der Waals surface area contributed by atoms with E-state index in [2.05, 4.69) is 5.32 Å². The van der Waals surface area contributed by atoms with Gasteiger partial charge in [-0.05, 0) is 30.0 Å². The number of aryl methyl sites for hydroxylation is 1. The zero-order chi connectivity index (χ0) is 9.97. The van der Waals surface area contributed by atoms with Crippen LogP contribution in [0, 0.1) is 0 Å². The third-order valence-electron chi connectivity index (χ3n) is 2.31. The average molecular weight is 191 g/mol. The molecule has 14 heavy (non-hydrogen) atoms. The summed E-state index contributed by atoms with van der Waals surface area (Å²) in [4.78, 5) is 10.2. The smallest absolute Gasteiger partial charge is 0.302 e. The monoisotopic (exact) mass is 191 g/mol. The Kier molecular flexibility index (Phi) is 2.31. The lowest BCUT2D eigenvalue weighted by molar-refractivity contribution is 0.224. The summed E-state index contributed by atoms with van der Waals surface area (Å²) in [5, 5.41) is 2.18. The summed E-state index contributed by atoms with van der Waals surface area (Å²) < 4.78 is 12.1. The standard InChI is InChI=1S/C11H10FNO/c12-11(14)13-10-6-5-8-3-1-2-4-9(8)7-10/h1-4,7H,5-6H2,(H,13,14). The van der Waals surface area contributed by atoms with E-state index in [1.165, 1.54) is 5.56 Å². The van der Waals surface area contributed by atoms with E-state index in [0.29, 0.717) is 12.1 Å². The number of amides is 1. The SMILES string of the molecule is O=C(F)NC1=Cc2ccccc2CC1. The highest BCUT2D eigenvalue weighted by Gasteiger charge is 2.10. The summed E-state index contributed by atoms with van der Waals surface area (Å²) in [5.74, 6) is 0. The summed E-state index contributed by atoms with van der Waals surface area (Å²) in [7, 11) is 0. The molecule has 2 nitrogen and oxygen atoms in total. The van der Waals surface area contributed by atoms with Gasteiger partial charge in [0.2, 0.25) is 0 Å². The molecule has 1 aromatic carbocycles. The van der Waals surface area contributed by atoms with Crippen molar-refractivity contribution in [1.82, 2.24) is 5.32 Å². The molecule has 0 unspecified atom stereocenters. The molecule has 0 saturated heterocycles. The van der Waals surface area contributed by atoms with E-state index in [1.54, 1.807) is 0 Å². The van der Waals surface area contributed by atoms with Gasteiger partial charge in [-0.2, -0.15) is 0 Å². The van der Waals surface area contributed by atoms with Crippen molar-refractivity contribution in [2.75, 3.05) is 0 Å². The van der Waals surface area contributed by atoms with Gasteiger partial charge in [0.05, 0.1) is 0 Å². The van der Waals surface area contributed by atoms with Crippen molar-refractivity contribution in [3.8, 4) is 0 Å². The number of nitrogens with one attached hydrogen (secondary N) is 1. The summed E-state index contributed by atoms with van der Waals surface area (Å²) in [6, 6.07) is 7.90. The van der Waals surface area contributed by atoms with E-state index in [-0.39, 0.29) is 0 Å². The van der Waals surface area contributed by atoms with Crippen molar-refractivity contribution < 1.29 is 9.18 Å². The Hall–Kier alpha value is -1.64. The molecule has 1 amide bonds. The maximum atomic E-state index is 12.1. The second kappa shape index (κ2) is 3.62. The number of carbonyl (C=O) groups excluding carboxylic acids is 1. The van der Waals surface area contributed by atoms with Gasteiger partial charge >= 0.3 is 6.16 Å². The van der Waals surface area contributed by atoms with Gasteiger partial charge in [-0.1, -0.05) is 24.3 Å². The molecule has 0 radical (unpaired) electrons. The van der Waals surface area contributed by atoms with Crippen LogP contribution < -0.4 is 5.32 Å². The lowest BCUT2D eigenvalue weighted by Gasteiger charge is -2.15. The highest BCUT2D eigenvalue weighted by Crippen LogP contribution is 2.21. The molecule has 1 aromatic rings. The molecule has 0 bridgehead atoms. The van der Waals surface area contributed by atoms with E-state index in [9.17, 15) is 9.18 Å². The van der Waals surface area contributed by atoms with Crippen molar-refractivity contribution in [1.29, 1.82) is 0 Å².